The summed E-state index contributed by atoms with van der Waals surface area (Å²) >= 11 is 0. The van der Waals surface area contributed by atoms with Crippen LogP contribution in [0.2, 0.25) is 0 Å². The molecule has 0 spiro atoms. The highest BCUT2D eigenvalue weighted by molar-refractivity contribution is 5.99. The molecule has 1 aliphatic heterocycles. The van der Waals surface area contributed by atoms with E-state index in [0.29, 0.717) is 6.42 Å². The molecule has 0 aromatic heterocycles. The van der Waals surface area contributed by atoms with Gasteiger partial charge in [-0.1, -0.05) is 49.6 Å². The number of hydrogen-bond acceptors (Lipinski definition) is 4. The molecule has 1 saturated heterocycles. The summed E-state index contributed by atoms with van der Waals surface area (Å²) < 4.78 is 0. The van der Waals surface area contributed by atoms with Gasteiger partial charge in [0.1, 0.15) is 18.1 Å². The molecule has 1 heterocycles. The van der Waals surface area contributed by atoms with E-state index >= 15 is 0 Å². The summed E-state index contributed by atoms with van der Waals surface area (Å²) in [6.07, 6.45) is 4.59. The Hall–Kier alpha value is -2.90. The van der Waals surface area contributed by atoms with Gasteiger partial charge in [-0.25, -0.2) is 4.79 Å². The van der Waals surface area contributed by atoms with E-state index in [1.54, 1.807) is 0 Å². The minimum absolute atomic E-state index is 0.102. The smallest absolute Gasteiger partial charge is 0.326 e. The van der Waals surface area contributed by atoms with Gasteiger partial charge in [0.2, 0.25) is 17.7 Å². The summed E-state index contributed by atoms with van der Waals surface area (Å²) in [4.78, 5) is 48.7. The number of piperazine rings is 1. The van der Waals surface area contributed by atoms with E-state index in [2.05, 4.69) is 16.0 Å². The Bertz CT molecular complexity index is 761. The maximum atomic E-state index is 12.4. The molecule has 8 nitrogen and oxygen atoms in total. The number of aliphatic carboxylic acids is 1. The number of carboxylic acids is 1. The number of rotatable bonds is 7. The minimum atomic E-state index is -1.06. The Morgan fingerprint density at radius 1 is 1.00 bits per heavy atom. The molecule has 4 N–H and O–H groups in total. The lowest BCUT2D eigenvalue weighted by Gasteiger charge is -2.31. The van der Waals surface area contributed by atoms with E-state index in [0.717, 1.165) is 37.7 Å². The van der Waals surface area contributed by atoms with Gasteiger partial charge in [0.05, 0.1) is 6.42 Å². The first-order valence-corrected chi connectivity index (χ1v) is 10.1. The van der Waals surface area contributed by atoms with Crippen molar-refractivity contribution in [3.63, 3.8) is 0 Å². The normalized spacial score (nSPS) is 23.6. The van der Waals surface area contributed by atoms with Crippen molar-refractivity contribution < 1.29 is 24.3 Å². The lowest BCUT2D eigenvalue weighted by Crippen LogP contribution is -2.63. The molecule has 1 aliphatic carbocycles. The van der Waals surface area contributed by atoms with E-state index in [1.807, 2.05) is 30.3 Å². The van der Waals surface area contributed by atoms with Crippen LogP contribution in [-0.2, 0) is 25.6 Å². The second-order valence-electron chi connectivity index (χ2n) is 7.80. The van der Waals surface area contributed by atoms with Gasteiger partial charge >= 0.3 is 5.97 Å². The van der Waals surface area contributed by atoms with Crippen LogP contribution in [0, 0.1) is 5.92 Å². The Morgan fingerprint density at radius 3 is 2.28 bits per heavy atom. The van der Waals surface area contributed by atoms with Crippen LogP contribution >= 0.6 is 0 Å². The van der Waals surface area contributed by atoms with Crippen LogP contribution < -0.4 is 16.0 Å². The third-order valence-electron chi connectivity index (χ3n) is 5.64. The zero-order valence-corrected chi connectivity index (χ0v) is 16.2. The van der Waals surface area contributed by atoms with Gasteiger partial charge in [0, 0.05) is 6.42 Å². The van der Waals surface area contributed by atoms with Crippen molar-refractivity contribution in [2.45, 2.75) is 63.1 Å². The number of carbonyl (C=O) groups excluding carboxylic acids is 3. The fraction of sp³-hybridized carbons (Fsp3) is 0.524. The van der Waals surface area contributed by atoms with Crippen LogP contribution in [0.25, 0.3) is 0 Å². The number of benzene rings is 1. The quantitative estimate of drug-likeness (QED) is 0.537. The molecule has 8 heteroatoms. The molecule has 0 radical (unpaired) electrons. The molecule has 2 aliphatic rings. The fourth-order valence-corrected chi connectivity index (χ4v) is 4.08. The number of carbonyl (C=O) groups is 4. The standard InChI is InChI=1S/C21H27N3O5/c25-17(24-18(21(28)29)14-9-5-2-6-10-14)12-16-20(27)22-15(19(26)23-16)11-13-7-3-1-4-8-13/h1,3-4,7-8,14-16,18H,2,5-6,9-12H2,(H,22,27)(H,23,26)(H,24,25)(H,28,29)/t15-,16-,18-/m0/s1. The Balaban J connectivity index is 1.54. The molecule has 3 atom stereocenters. The van der Waals surface area contributed by atoms with E-state index in [9.17, 15) is 24.3 Å². The minimum Gasteiger partial charge on any atom is -0.480 e. The maximum Gasteiger partial charge on any atom is 0.326 e. The van der Waals surface area contributed by atoms with Crippen LogP contribution in [0.1, 0.15) is 44.1 Å². The number of carboxylic acid groups (broad SMARTS) is 1. The topological polar surface area (TPSA) is 125 Å². The van der Waals surface area contributed by atoms with Crippen LogP contribution in [0.15, 0.2) is 30.3 Å². The highest BCUT2D eigenvalue weighted by Gasteiger charge is 2.36. The molecular formula is C21H27N3O5. The van der Waals surface area contributed by atoms with E-state index in [1.165, 1.54) is 0 Å². The molecule has 0 unspecified atom stereocenters. The first kappa shape index (κ1) is 20.8. The largest absolute Gasteiger partial charge is 0.480 e. The average molecular weight is 401 g/mol. The number of nitrogens with one attached hydrogen (secondary N) is 3. The van der Waals surface area contributed by atoms with Gasteiger partial charge in [-0.2, -0.15) is 0 Å². The number of amides is 3. The predicted molar refractivity (Wildman–Crippen MR) is 105 cm³/mol. The second-order valence-corrected chi connectivity index (χ2v) is 7.80. The molecule has 3 rings (SSSR count). The molecule has 1 saturated carbocycles. The Labute approximate surface area is 169 Å². The molecular weight excluding hydrogens is 374 g/mol. The van der Waals surface area contributed by atoms with Gasteiger partial charge in [-0.15, -0.1) is 0 Å². The summed E-state index contributed by atoms with van der Waals surface area (Å²) in [5.41, 5.74) is 0.918. The molecule has 1 aromatic rings. The summed E-state index contributed by atoms with van der Waals surface area (Å²) in [6, 6.07) is 6.67. The van der Waals surface area contributed by atoms with E-state index in [-0.39, 0.29) is 18.2 Å². The third kappa shape index (κ3) is 5.56. The Morgan fingerprint density at radius 2 is 1.62 bits per heavy atom. The molecule has 3 amide bonds. The van der Waals surface area contributed by atoms with Gasteiger partial charge in [0.15, 0.2) is 0 Å². The van der Waals surface area contributed by atoms with Gasteiger partial charge in [-0.05, 0) is 24.3 Å². The second kappa shape index (κ2) is 9.54. The van der Waals surface area contributed by atoms with Crippen LogP contribution in [0.4, 0.5) is 0 Å². The number of hydrogen-bond donors (Lipinski definition) is 4. The monoisotopic (exact) mass is 401 g/mol. The fourth-order valence-electron chi connectivity index (χ4n) is 4.08. The van der Waals surface area contributed by atoms with Crippen LogP contribution in [0.5, 0.6) is 0 Å². The van der Waals surface area contributed by atoms with E-state index in [4.69, 9.17) is 0 Å². The van der Waals surface area contributed by atoms with Crippen molar-refractivity contribution in [2.75, 3.05) is 0 Å². The van der Waals surface area contributed by atoms with Gasteiger partial charge in [0.25, 0.3) is 0 Å². The summed E-state index contributed by atoms with van der Waals surface area (Å²) in [7, 11) is 0. The van der Waals surface area contributed by atoms with Crippen LogP contribution in [0.3, 0.4) is 0 Å². The SMILES string of the molecule is O=C(C[C@@H]1NC(=O)[C@H](Cc2ccccc2)NC1=O)N[C@H](C(=O)O)C1CCCCC1. The molecule has 0 bridgehead atoms. The van der Waals surface area contributed by atoms with Gasteiger partial charge < -0.3 is 21.1 Å². The summed E-state index contributed by atoms with van der Waals surface area (Å²) in [5.74, 6) is -2.51. The van der Waals surface area contributed by atoms with Gasteiger partial charge in [-0.3, -0.25) is 14.4 Å². The van der Waals surface area contributed by atoms with Crippen molar-refractivity contribution in [1.82, 2.24) is 16.0 Å². The summed E-state index contributed by atoms with van der Waals surface area (Å²) in [6.45, 7) is 0. The van der Waals surface area contributed by atoms with E-state index < -0.39 is 35.9 Å². The zero-order valence-electron chi connectivity index (χ0n) is 16.2. The van der Waals surface area contributed by atoms with Crippen molar-refractivity contribution >= 4 is 23.7 Å². The van der Waals surface area contributed by atoms with Crippen molar-refractivity contribution in [3.05, 3.63) is 35.9 Å². The molecule has 156 valence electrons. The van der Waals surface area contributed by atoms with Crippen molar-refractivity contribution in [2.24, 2.45) is 5.92 Å². The lowest BCUT2D eigenvalue weighted by molar-refractivity contribution is -0.144. The first-order valence-electron chi connectivity index (χ1n) is 10.1. The highest BCUT2D eigenvalue weighted by atomic mass is 16.4. The first-order chi connectivity index (χ1) is 13.9. The maximum absolute atomic E-state index is 12.4. The van der Waals surface area contributed by atoms with Crippen molar-refractivity contribution in [3.8, 4) is 0 Å². The molecule has 1 aromatic carbocycles. The van der Waals surface area contributed by atoms with Crippen LogP contribution in [-0.4, -0.2) is 46.9 Å². The third-order valence-corrected chi connectivity index (χ3v) is 5.64. The molecule has 29 heavy (non-hydrogen) atoms. The summed E-state index contributed by atoms with van der Waals surface area (Å²) in [5, 5.41) is 17.3. The predicted octanol–water partition coefficient (Wildman–Crippen LogP) is 0.752. The Kier molecular flexibility index (Phi) is 6.85. The highest BCUT2D eigenvalue weighted by Crippen LogP contribution is 2.26. The average Bonchev–Trinajstić information content (AvgIpc) is 2.71. The zero-order chi connectivity index (χ0) is 20.8. The lowest BCUT2D eigenvalue weighted by atomic mass is 9.84. The van der Waals surface area contributed by atoms with Crippen molar-refractivity contribution in [1.29, 1.82) is 0 Å². The molecule has 2 fully saturated rings.